The molecule has 1 fully saturated rings. The molecule has 2 N–H and O–H groups in total. The molecule has 0 heterocycles. The summed E-state index contributed by atoms with van der Waals surface area (Å²) in [5.41, 5.74) is 0.829. The fraction of sp³-hybridized carbons (Fsp3) is 0.476. The minimum atomic E-state index is -0.464. The lowest BCUT2D eigenvalue weighted by Gasteiger charge is -2.25. The van der Waals surface area contributed by atoms with E-state index in [1.54, 1.807) is 0 Å². The zero-order valence-corrected chi connectivity index (χ0v) is 15.3. The molecule has 0 spiro atoms. The minimum Gasteiger partial charge on any atom is -0.444 e. The maximum atomic E-state index is 12.0. The van der Waals surface area contributed by atoms with Crippen molar-refractivity contribution in [3.05, 3.63) is 48.0 Å². The molecule has 0 aliphatic heterocycles. The lowest BCUT2D eigenvalue weighted by atomic mass is 10.0. The Kier molecular flexibility index (Phi) is 5.28. The van der Waals surface area contributed by atoms with E-state index in [9.17, 15) is 4.79 Å². The van der Waals surface area contributed by atoms with E-state index in [1.807, 2.05) is 20.8 Å². The largest absolute Gasteiger partial charge is 0.444 e. The van der Waals surface area contributed by atoms with Crippen LogP contribution < -0.4 is 10.6 Å². The van der Waals surface area contributed by atoms with Crippen molar-refractivity contribution in [2.75, 3.05) is 0 Å². The monoisotopic (exact) mass is 340 g/mol. The van der Waals surface area contributed by atoms with Crippen LogP contribution in [0.3, 0.4) is 0 Å². The molecular weight excluding hydrogens is 312 g/mol. The van der Waals surface area contributed by atoms with E-state index >= 15 is 0 Å². The van der Waals surface area contributed by atoms with Gasteiger partial charge in [-0.05, 0) is 56.4 Å². The molecule has 3 rings (SSSR count). The molecule has 2 aromatic carbocycles. The summed E-state index contributed by atoms with van der Waals surface area (Å²) < 4.78 is 5.39. The van der Waals surface area contributed by atoms with E-state index in [0.29, 0.717) is 0 Å². The second-order valence-electron chi connectivity index (χ2n) is 7.81. The SMILES string of the molecule is CC(C)(C)OC(=O)N[C@H]1CCC[C@@H]1NCc1cccc2ccccc12. The zero-order valence-electron chi connectivity index (χ0n) is 15.3. The molecule has 4 nitrogen and oxygen atoms in total. The van der Waals surface area contributed by atoms with Gasteiger partial charge in [0.2, 0.25) is 0 Å². The Hall–Kier alpha value is -2.07. The van der Waals surface area contributed by atoms with Crippen molar-refractivity contribution < 1.29 is 9.53 Å². The lowest BCUT2D eigenvalue weighted by molar-refractivity contribution is 0.0498. The molecule has 0 unspecified atom stereocenters. The van der Waals surface area contributed by atoms with Crippen molar-refractivity contribution >= 4 is 16.9 Å². The predicted octanol–water partition coefficient (Wildman–Crippen LogP) is 4.38. The van der Waals surface area contributed by atoms with Gasteiger partial charge in [-0.25, -0.2) is 4.79 Å². The van der Waals surface area contributed by atoms with Crippen LogP contribution in [0.25, 0.3) is 10.8 Å². The first-order valence-electron chi connectivity index (χ1n) is 9.12. The van der Waals surface area contributed by atoms with Gasteiger partial charge in [0.05, 0.1) is 0 Å². The van der Waals surface area contributed by atoms with Gasteiger partial charge in [-0.2, -0.15) is 0 Å². The highest BCUT2D eigenvalue weighted by Crippen LogP contribution is 2.22. The van der Waals surface area contributed by atoms with E-state index in [4.69, 9.17) is 4.74 Å². The Labute approximate surface area is 149 Å². The summed E-state index contributed by atoms with van der Waals surface area (Å²) in [4.78, 5) is 12.0. The summed E-state index contributed by atoms with van der Waals surface area (Å²) in [5.74, 6) is 0. The third-order valence-electron chi connectivity index (χ3n) is 4.65. The van der Waals surface area contributed by atoms with Crippen LogP contribution in [0.1, 0.15) is 45.6 Å². The van der Waals surface area contributed by atoms with E-state index in [1.165, 1.54) is 16.3 Å². The van der Waals surface area contributed by atoms with Crippen LogP contribution in [0, 0.1) is 0 Å². The lowest BCUT2D eigenvalue weighted by Crippen LogP contribution is -2.47. The molecule has 1 amide bonds. The average Bonchev–Trinajstić information content (AvgIpc) is 2.98. The molecular formula is C21H28N2O2. The minimum absolute atomic E-state index is 0.129. The molecule has 1 saturated carbocycles. The Bertz CT molecular complexity index is 731. The van der Waals surface area contributed by atoms with Gasteiger partial charge in [-0.3, -0.25) is 0 Å². The summed E-state index contributed by atoms with van der Waals surface area (Å²) in [5, 5.41) is 9.22. The van der Waals surface area contributed by atoms with Gasteiger partial charge in [-0.1, -0.05) is 42.5 Å². The Morgan fingerprint density at radius 2 is 1.80 bits per heavy atom. The van der Waals surface area contributed by atoms with Crippen LogP contribution in [-0.4, -0.2) is 23.8 Å². The normalized spacial score (nSPS) is 20.6. The van der Waals surface area contributed by atoms with Crippen LogP contribution in [0.4, 0.5) is 4.79 Å². The smallest absolute Gasteiger partial charge is 0.407 e. The molecule has 2 aromatic rings. The van der Waals surface area contributed by atoms with Crippen LogP contribution >= 0.6 is 0 Å². The highest BCUT2D eigenvalue weighted by molar-refractivity contribution is 5.85. The fourth-order valence-corrected chi connectivity index (χ4v) is 3.52. The number of hydrogen-bond acceptors (Lipinski definition) is 3. The maximum Gasteiger partial charge on any atom is 0.407 e. The molecule has 4 heteroatoms. The standard InChI is InChI=1S/C21H28N2O2/c1-21(2,3)25-20(24)23-19-13-7-12-18(19)22-14-16-10-6-9-15-8-4-5-11-17(15)16/h4-6,8-11,18-19,22H,7,12-14H2,1-3H3,(H,23,24)/t18-,19-/m0/s1. The first kappa shape index (κ1) is 17.7. The van der Waals surface area contributed by atoms with Crippen molar-refractivity contribution in [3.63, 3.8) is 0 Å². The molecule has 0 radical (unpaired) electrons. The number of carbonyl (C=O) groups is 1. The van der Waals surface area contributed by atoms with Crippen LogP contribution in [0.2, 0.25) is 0 Å². The number of amides is 1. The van der Waals surface area contributed by atoms with Crippen LogP contribution in [-0.2, 0) is 11.3 Å². The van der Waals surface area contributed by atoms with Gasteiger partial charge in [0.15, 0.2) is 0 Å². The van der Waals surface area contributed by atoms with E-state index in [0.717, 1.165) is 25.8 Å². The summed E-state index contributed by atoms with van der Waals surface area (Å²) in [7, 11) is 0. The third kappa shape index (κ3) is 4.73. The number of hydrogen-bond donors (Lipinski definition) is 2. The summed E-state index contributed by atoms with van der Waals surface area (Å²) >= 11 is 0. The molecule has 25 heavy (non-hydrogen) atoms. The molecule has 0 bridgehead atoms. The van der Waals surface area contributed by atoms with E-state index < -0.39 is 5.60 Å². The van der Waals surface area contributed by atoms with Crippen LogP contribution in [0.5, 0.6) is 0 Å². The molecule has 134 valence electrons. The highest BCUT2D eigenvalue weighted by Gasteiger charge is 2.29. The molecule has 0 saturated heterocycles. The van der Waals surface area contributed by atoms with Gasteiger partial charge < -0.3 is 15.4 Å². The number of nitrogens with one attached hydrogen (secondary N) is 2. The number of benzene rings is 2. The summed E-state index contributed by atoms with van der Waals surface area (Å²) in [6, 6.07) is 15.3. The summed E-state index contributed by atoms with van der Waals surface area (Å²) in [6.07, 6.45) is 2.86. The topological polar surface area (TPSA) is 50.4 Å². The predicted molar refractivity (Wildman–Crippen MR) is 102 cm³/mol. The third-order valence-corrected chi connectivity index (χ3v) is 4.65. The Balaban J connectivity index is 1.61. The number of alkyl carbamates (subject to hydrolysis) is 1. The molecule has 0 aromatic heterocycles. The fourth-order valence-electron chi connectivity index (χ4n) is 3.52. The molecule has 1 aliphatic rings. The Morgan fingerprint density at radius 1 is 1.08 bits per heavy atom. The first-order valence-corrected chi connectivity index (χ1v) is 9.12. The number of fused-ring (bicyclic) bond motifs is 1. The van der Waals surface area contributed by atoms with E-state index in [-0.39, 0.29) is 18.2 Å². The van der Waals surface area contributed by atoms with Crippen molar-refractivity contribution in [2.45, 2.75) is 64.3 Å². The molecule has 1 aliphatic carbocycles. The van der Waals surface area contributed by atoms with Crippen molar-refractivity contribution in [3.8, 4) is 0 Å². The first-order chi connectivity index (χ1) is 11.9. The maximum absolute atomic E-state index is 12.0. The second kappa shape index (κ2) is 7.44. The number of ether oxygens (including phenoxy) is 1. The van der Waals surface area contributed by atoms with Gasteiger partial charge in [0, 0.05) is 18.6 Å². The number of carbonyl (C=O) groups excluding carboxylic acids is 1. The average molecular weight is 340 g/mol. The van der Waals surface area contributed by atoms with Crippen molar-refractivity contribution in [1.29, 1.82) is 0 Å². The number of rotatable bonds is 4. The van der Waals surface area contributed by atoms with Crippen LogP contribution in [0.15, 0.2) is 42.5 Å². The van der Waals surface area contributed by atoms with Gasteiger partial charge in [-0.15, -0.1) is 0 Å². The van der Waals surface area contributed by atoms with Gasteiger partial charge >= 0.3 is 6.09 Å². The van der Waals surface area contributed by atoms with Gasteiger partial charge in [0.25, 0.3) is 0 Å². The quantitative estimate of drug-likeness (QED) is 0.868. The summed E-state index contributed by atoms with van der Waals surface area (Å²) in [6.45, 7) is 6.46. The zero-order chi connectivity index (χ0) is 17.9. The Morgan fingerprint density at radius 3 is 2.60 bits per heavy atom. The highest BCUT2D eigenvalue weighted by atomic mass is 16.6. The van der Waals surface area contributed by atoms with Gasteiger partial charge in [0.1, 0.15) is 5.60 Å². The van der Waals surface area contributed by atoms with E-state index in [2.05, 4.69) is 53.1 Å². The van der Waals surface area contributed by atoms with Crippen molar-refractivity contribution in [2.24, 2.45) is 0 Å². The van der Waals surface area contributed by atoms with Crippen molar-refractivity contribution in [1.82, 2.24) is 10.6 Å². The molecule has 2 atom stereocenters. The second-order valence-corrected chi connectivity index (χ2v) is 7.81.